The van der Waals surface area contributed by atoms with Crippen molar-refractivity contribution in [1.29, 1.82) is 0 Å². The Kier molecular flexibility index (Phi) is 4.38. The monoisotopic (exact) mass is 138 g/mol. The zero-order valence-electron chi connectivity index (χ0n) is 6.68. The molecule has 56 valence electrons. The minimum absolute atomic E-state index is 0.657. The van der Waals surface area contributed by atoms with E-state index in [0.717, 1.165) is 5.57 Å². The van der Waals surface area contributed by atoms with Gasteiger partial charge < -0.3 is 4.74 Å². The van der Waals surface area contributed by atoms with Crippen molar-refractivity contribution in [3.8, 4) is 0 Å². The highest BCUT2D eigenvalue weighted by atomic mass is 16.5. The van der Waals surface area contributed by atoms with E-state index in [2.05, 4.69) is 13.2 Å². The Morgan fingerprint density at radius 2 is 2.20 bits per heavy atom. The molecule has 0 aliphatic rings. The predicted octanol–water partition coefficient (Wildman–Crippen LogP) is 2.67. The van der Waals surface area contributed by atoms with Crippen LogP contribution in [0.4, 0.5) is 0 Å². The van der Waals surface area contributed by atoms with Crippen LogP contribution in [0.1, 0.15) is 13.8 Å². The van der Waals surface area contributed by atoms with Gasteiger partial charge in [-0.1, -0.05) is 25.3 Å². The fourth-order valence-electron chi connectivity index (χ4n) is 0.650. The maximum atomic E-state index is 5.15. The number of ether oxygens (including phenoxy) is 1. The smallest absolute Gasteiger partial charge is 0.118 e. The van der Waals surface area contributed by atoms with Crippen LogP contribution in [0.5, 0.6) is 0 Å². The van der Waals surface area contributed by atoms with Crippen LogP contribution in [-0.4, -0.2) is 6.61 Å². The summed E-state index contributed by atoms with van der Waals surface area (Å²) in [7, 11) is 0. The molecule has 0 bridgehead atoms. The lowest BCUT2D eigenvalue weighted by Gasteiger charge is -2.05. The number of hydrogen-bond acceptors (Lipinski definition) is 1. The molecule has 0 atom stereocenters. The number of hydrogen-bond donors (Lipinski definition) is 0. The minimum Gasteiger partial charge on any atom is -0.494 e. The van der Waals surface area contributed by atoms with Gasteiger partial charge in [0.1, 0.15) is 5.76 Å². The van der Waals surface area contributed by atoms with Crippen molar-refractivity contribution in [3.63, 3.8) is 0 Å². The first kappa shape index (κ1) is 9.02. The Labute approximate surface area is 62.7 Å². The van der Waals surface area contributed by atoms with Gasteiger partial charge in [-0.2, -0.15) is 0 Å². The van der Waals surface area contributed by atoms with Gasteiger partial charge >= 0.3 is 0 Å². The highest BCUT2D eigenvalue weighted by molar-refractivity contribution is 5.32. The molecule has 0 fully saturated rings. The molecule has 0 saturated carbocycles. The molecule has 0 saturated heterocycles. The lowest BCUT2D eigenvalue weighted by Crippen LogP contribution is -1.91. The van der Waals surface area contributed by atoms with E-state index >= 15 is 0 Å². The van der Waals surface area contributed by atoms with Gasteiger partial charge in [0.05, 0.1) is 6.61 Å². The average molecular weight is 138 g/mol. The summed E-state index contributed by atoms with van der Waals surface area (Å²) in [6.07, 6.45) is 3.66. The summed E-state index contributed by atoms with van der Waals surface area (Å²) in [6.45, 7) is 11.9. The molecule has 0 unspecified atom stereocenters. The van der Waals surface area contributed by atoms with Crippen LogP contribution in [-0.2, 0) is 4.74 Å². The summed E-state index contributed by atoms with van der Waals surface area (Å²) >= 11 is 0. The summed E-state index contributed by atoms with van der Waals surface area (Å²) in [5, 5.41) is 0. The largest absolute Gasteiger partial charge is 0.494 e. The average Bonchev–Trinajstić information content (AvgIpc) is 1.91. The third-order valence-corrected chi connectivity index (χ3v) is 1.17. The highest BCUT2D eigenvalue weighted by Crippen LogP contribution is 2.08. The fourth-order valence-corrected chi connectivity index (χ4v) is 0.650. The quantitative estimate of drug-likeness (QED) is 0.428. The zero-order chi connectivity index (χ0) is 7.98. The number of allylic oxidation sites excluding steroid dienone is 2. The van der Waals surface area contributed by atoms with E-state index < -0.39 is 0 Å². The van der Waals surface area contributed by atoms with Crippen molar-refractivity contribution in [2.24, 2.45) is 0 Å². The van der Waals surface area contributed by atoms with E-state index in [1.165, 1.54) is 0 Å². The lowest BCUT2D eigenvalue weighted by atomic mass is 10.2. The van der Waals surface area contributed by atoms with Gasteiger partial charge in [0.15, 0.2) is 0 Å². The third-order valence-electron chi connectivity index (χ3n) is 1.17. The Bertz CT molecular complexity index is 154. The summed E-state index contributed by atoms with van der Waals surface area (Å²) in [4.78, 5) is 0. The van der Waals surface area contributed by atoms with Gasteiger partial charge in [0.25, 0.3) is 0 Å². The molecule has 0 amide bonds. The highest BCUT2D eigenvalue weighted by Gasteiger charge is 1.94. The first-order chi connectivity index (χ1) is 4.76. The van der Waals surface area contributed by atoms with Crippen LogP contribution < -0.4 is 0 Å². The normalized spacial score (nSPS) is 10.8. The van der Waals surface area contributed by atoms with Crippen LogP contribution >= 0.6 is 0 Å². The van der Waals surface area contributed by atoms with E-state index in [-0.39, 0.29) is 0 Å². The topological polar surface area (TPSA) is 9.23 Å². The van der Waals surface area contributed by atoms with Crippen molar-refractivity contribution >= 4 is 0 Å². The van der Waals surface area contributed by atoms with Gasteiger partial charge in [-0.05, 0) is 13.8 Å². The summed E-state index contributed by atoms with van der Waals surface area (Å²) in [5.41, 5.74) is 0.960. The molecule has 0 N–H and O–H groups in total. The van der Waals surface area contributed by atoms with Crippen LogP contribution in [0.15, 0.2) is 36.6 Å². The van der Waals surface area contributed by atoms with Crippen LogP contribution in [0.3, 0.4) is 0 Å². The summed E-state index contributed by atoms with van der Waals surface area (Å²) < 4.78 is 5.15. The van der Waals surface area contributed by atoms with E-state index in [1.807, 2.05) is 19.9 Å². The molecule has 10 heavy (non-hydrogen) atoms. The van der Waals surface area contributed by atoms with Crippen molar-refractivity contribution in [3.05, 3.63) is 36.6 Å². The molecule has 0 aromatic rings. The summed E-state index contributed by atoms with van der Waals surface area (Å²) in [6, 6.07) is 0. The van der Waals surface area contributed by atoms with Crippen LogP contribution in [0.25, 0.3) is 0 Å². The standard InChI is InChI=1S/C9H14O/c1-5-9(6-2)8(4)10-7-3/h5-6H,1,4,7H2,2-3H3/b9-6-. The first-order valence-electron chi connectivity index (χ1n) is 3.37. The third kappa shape index (κ3) is 2.53. The van der Waals surface area contributed by atoms with Gasteiger partial charge in [-0.3, -0.25) is 0 Å². The first-order valence-corrected chi connectivity index (χ1v) is 3.37. The van der Waals surface area contributed by atoms with Crippen LogP contribution in [0.2, 0.25) is 0 Å². The van der Waals surface area contributed by atoms with Crippen molar-refractivity contribution < 1.29 is 4.74 Å². The predicted molar refractivity (Wildman–Crippen MR) is 44.7 cm³/mol. The molecule has 0 rings (SSSR count). The fraction of sp³-hybridized carbons (Fsp3) is 0.333. The second-order valence-electron chi connectivity index (χ2n) is 1.80. The Hall–Kier alpha value is -0.980. The SMILES string of the molecule is C=C/C(=C/C)C(=C)OCC. The maximum absolute atomic E-state index is 5.15. The lowest BCUT2D eigenvalue weighted by molar-refractivity contribution is 0.241. The molecule has 0 heterocycles. The molecule has 0 aromatic carbocycles. The second-order valence-corrected chi connectivity index (χ2v) is 1.80. The van der Waals surface area contributed by atoms with E-state index in [1.54, 1.807) is 6.08 Å². The minimum atomic E-state index is 0.657. The van der Waals surface area contributed by atoms with Crippen molar-refractivity contribution in [2.75, 3.05) is 6.61 Å². The summed E-state index contributed by atoms with van der Waals surface area (Å²) in [5.74, 6) is 0.694. The Morgan fingerprint density at radius 1 is 1.60 bits per heavy atom. The molecule has 1 nitrogen and oxygen atoms in total. The van der Waals surface area contributed by atoms with Gasteiger partial charge in [-0.15, -0.1) is 0 Å². The van der Waals surface area contributed by atoms with E-state index in [4.69, 9.17) is 4.74 Å². The van der Waals surface area contributed by atoms with Crippen LogP contribution in [0, 0.1) is 0 Å². The molecule has 0 radical (unpaired) electrons. The second kappa shape index (κ2) is 4.86. The van der Waals surface area contributed by atoms with Crippen molar-refractivity contribution in [2.45, 2.75) is 13.8 Å². The molecular formula is C9H14O. The maximum Gasteiger partial charge on any atom is 0.118 e. The van der Waals surface area contributed by atoms with Gasteiger partial charge in [-0.25, -0.2) is 0 Å². The molecule has 0 spiro atoms. The molecule has 0 aliphatic heterocycles. The van der Waals surface area contributed by atoms with E-state index in [0.29, 0.717) is 12.4 Å². The van der Waals surface area contributed by atoms with Gasteiger partial charge in [0.2, 0.25) is 0 Å². The zero-order valence-corrected chi connectivity index (χ0v) is 6.68. The molecular weight excluding hydrogens is 124 g/mol. The molecule has 0 aromatic heterocycles. The molecule has 0 aliphatic carbocycles. The van der Waals surface area contributed by atoms with Gasteiger partial charge in [0, 0.05) is 5.57 Å². The van der Waals surface area contributed by atoms with Crippen molar-refractivity contribution in [1.82, 2.24) is 0 Å². The Morgan fingerprint density at radius 3 is 2.50 bits per heavy atom. The Balaban J connectivity index is 4.04. The molecule has 1 heteroatoms. The van der Waals surface area contributed by atoms with E-state index in [9.17, 15) is 0 Å². The number of rotatable bonds is 4.